The Labute approximate surface area is 644 Å². The van der Waals surface area contributed by atoms with Crippen LogP contribution in [0.1, 0.15) is 86.1 Å². The van der Waals surface area contributed by atoms with E-state index < -0.39 is 0 Å². The predicted molar refractivity (Wildman–Crippen MR) is 396 cm³/mol. The molecule has 6 heterocycles. The summed E-state index contributed by atoms with van der Waals surface area (Å²) in [6.07, 6.45) is 3.50. The summed E-state index contributed by atoms with van der Waals surface area (Å²) in [6.45, 7) is 25.6. The number of aliphatic hydroxyl groups is 3. The Morgan fingerprint density at radius 2 is 0.677 bits per heavy atom. The van der Waals surface area contributed by atoms with Crippen LogP contribution in [-0.4, -0.2) is 52.6 Å². The third-order valence-electron chi connectivity index (χ3n) is 14.3. The van der Waals surface area contributed by atoms with Gasteiger partial charge in [-0.1, -0.05) is 121 Å². The number of carbonyl (C=O) groups is 3. The Bertz CT molecular complexity index is 4740. The van der Waals surface area contributed by atoms with E-state index in [0.717, 1.165) is 65.7 Å². The zero-order valence-electron chi connectivity index (χ0n) is 57.6. The third kappa shape index (κ3) is 26.6. The van der Waals surface area contributed by atoms with Gasteiger partial charge >= 0.3 is 0 Å². The van der Waals surface area contributed by atoms with Crippen LogP contribution in [0.3, 0.4) is 0 Å². The molecule has 0 aliphatic carbocycles. The van der Waals surface area contributed by atoms with Gasteiger partial charge in [0.05, 0.1) is 39.3 Å². The number of rotatable bonds is 7. The summed E-state index contributed by atoms with van der Waals surface area (Å²) in [4.78, 5) is 51.2. The number of allylic oxidation sites excluding steroid dienone is 6. The van der Waals surface area contributed by atoms with Gasteiger partial charge < -0.3 is 25.3 Å². The number of carbonyl (C=O) groups excluding carboxylic acids is 3. The smallest absolute Gasteiger partial charge is 0.155 e. The fraction of sp³-hybridized carbons (Fsp3) is 0.169. The van der Waals surface area contributed by atoms with Gasteiger partial charge in [-0.2, -0.15) is 24.3 Å². The van der Waals surface area contributed by atoms with Crippen LogP contribution < -0.4 is 0 Å². The van der Waals surface area contributed by atoms with E-state index in [4.69, 9.17) is 35.3 Å². The van der Waals surface area contributed by atoms with Crippen molar-refractivity contribution in [3.63, 3.8) is 0 Å². The van der Waals surface area contributed by atoms with Gasteiger partial charge in [0.1, 0.15) is 0 Å². The molecular formula is C83H78Ir4N4O6S2-4. The van der Waals surface area contributed by atoms with Crippen LogP contribution in [0.2, 0.25) is 0 Å². The van der Waals surface area contributed by atoms with Gasteiger partial charge in [-0.15, -0.1) is 75.8 Å². The maximum absolute atomic E-state index is 10.0. The van der Waals surface area contributed by atoms with Gasteiger partial charge in [-0.3, -0.25) is 24.4 Å². The Morgan fingerprint density at radius 3 is 0.980 bits per heavy atom. The topological polar surface area (TPSA) is 163 Å². The van der Waals surface area contributed by atoms with Crippen LogP contribution in [0.5, 0.6) is 0 Å². The number of aryl methyl sites for hydroxylation is 8. The molecule has 13 rings (SSSR count). The average Bonchev–Trinajstić information content (AvgIpc) is 1.32. The number of hydrogen-bond acceptors (Lipinski definition) is 12. The van der Waals surface area contributed by atoms with Crippen LogP contribution in [0.15, 0.2) is 216 Å². The van der Waals surface area contributed by atoms with E-state index in [-0.39, 0.29) is 115 Å². The maximum atomic E-state index is 10.0. The number of benzene rings is 7. The number of aliphatic hydroxyl groups excluding tert-OH is 3. The van der Waals surface area contributed by atoms with Crippen molar-refractivity contribution in [2.24, 2.45) is 0 Å². The summed E-state index contributed by atoms with van der Waals surface area (Å²) >= 11 is 3.36. The zero-order valence-corrected chi connectivity index (χ0v) is 68.8. The fourth-order valence-corrected chi connectivity index (χ4v) is 11.3. The minimum atomic E-state index is -0.125. The second kappa shape index (κ2) is 41.6. The predicted octanol–water partition coefficient (Wildman–Crippen LogP) is 21.7. The number of pyridine rings is 4. The first-order chi connectivity index (χ1) is 45.3. The first-order valence-corrected chi connectivity index (χ1v) is 32.5. The van der Waals surface area contributed by atoms with E-state index in [0.29, 0.717) is 0 Å². The minimum Gasteiger partial charge on any atom is -0.512 e. The van der Waals surface area contributed by atoms with Crippen molar-refractivity contribution in [2.75, 3.05) is 0 Å². The molecule has 99 heavy (non-hydrogen) atoms. The maximum Gasteiger partial charge on any atom is 0.155 e. The van der Waals surface area contributed by atoms with Crippen LogP contribution in [0.25, 0.3) is 98.0 Å². The molecule has 0 aliphatic heterocycles. The molecule has 6 aromatic heterocycles. The van der Waals surface area contributed by atoms with E-state index in [9.17, 15) is 14.4 Å². The molecule has 0 aliphatic rings. The Balaban J connectivity index is 0.000000311. The van der Waals surface area contributed by atoms with Gasteiger partial charge in [0.2, 0.25) is 0 Å². The molecule has 0 saturated carbocycles. The van der Waals surface area contributed by atoms with E-state index in [1.807, 2.05) is 53.2 Å². The van der Waals surface area contributed by atoms with E-state index in [1.165, 1.54) is 137 Å². The first kappa shape index (κ1) is 85.3. The van der Waals surface area contributed by atoms with Crippen LogP contribution in [0.4, 0.5) is 0 Å². The SMILES string of the molecule is CC(=O)C=C(C)O.CC(=O)C=C(C)O.CC(=O)C=C(C)O.Cc1ccc2nc(-c3[c-]cc4ccccc4c3)cc(C)c2c1.Cc1ccc2nc(-c3[c-]cccc3)cc(C)c2c1.Cc1ccc2nc(-c3[c-]ccs3)cc(C)c2c1.Cc1ccc2nc(-c3[c-]ccs3)cc(C)c2c1.[Ir].[Ir].[Ir].[Ir]. The van der Waals surface area contributed by atoms with Gasteiger partial charge in [0.25, 0.3) is 0 Å². The largest absolute Gasteiger partial charge is 0.512 e. The van der Waals surface area contributed by atoms with E-state index >= 15 is 0 Å². The standard InChI is InChI=1S/C21H16N.C17H14N.2C15H12NS.3C5H8O2.4Ir/c1-14-7-10-20-19(11-14)15(2)12-21(22-20)18-9-8-16-5-3-4-6-17(16)13-18;1-12-8-9-16-15(10-12)13(2)11-17(18-16)14-6-4-3-5-7-14;2*1-10-5-6-13-12(8-10)11(2)9-14(16-13)15-4-3-7-17-15;3*1-4(6)3-5(2)7;;;;/h3-8,10-13H,1-2H3;3-6,8-11H,1-2H3;2*3,5-9H,1-2H3;3*3,6H,1-2H3;;;;/q4*-1;;;;;;;. The molecule has 4 radical (unpaired) electrons. The quantitative estimate of drug-likeness (QED) is 0.0795. The second-order valence-corrected chi connectivity index (χ2v) is 24.9. The van der Waals surface area contributed by atoms with Crippen molar-refractivity contribution in [2.45, 2.75) is 96.9 Å². The molecular weight excluding hydrogens is 1980 g/mol. The van der Waals surface area contributed by atoms with Gasteiger partial charge in [0, 0.05) is 120 Å². The first-order valence-electron chi connectivity index (χ1n) is 30.7. The van der Waals surface area contributed by atoms with Crippen molar-refractivity contribution in [1.29, 1.82) is 0 Å². The molecule has 0 unspecified atom stereocenters. The van der Waals surface area contributed by atoms with Crippen LogP contribution in [-0.2, 0) is 94.8 Å². The molecule has 10 nitrogen and oxygen atoms in total. The normalized spacial score (nSPS) is 10.6. The summed E-state index contributed by atoms with van der Waals surface area (Å²) in [6, 6.07) is 71.6. The number of hydrogen-bond donors (Lipinski definition) is 3. The Kier molecular flexibility index (Phi) is 35.8. The minimum absolute atomic E-state index is 0. The van der Waals surface area contributed by atoms with Crippen LogP contribution in [0, 0.1) is 79.7 Å². The molecule has 16 heteroatoms. The molecule has 7 aromatic carbocycles. The summed E-state index contributed by atoms with van der Waals surface area (Å²) in [5.41, 5.74) is 20.5. The number of ketones is 3. The number of nitrogens with zero attached hydrogens (tertiary/aromatic N) is 4. The van der Waals surface area contributed by atoms with Gasteiger partial charge in [-0.25, -0.2) is 22.7 Å². The Morgan fingerprint density at radius 1 is 0.354 bits per heavy atom. The number of fused-ring (bicyclic) bond motifs is 5. The summed E-state index contributed by atoms with van der Waals surface area (Å²) in [5, 5.41) is 36.5. The summed E-state index contributed by atoms with van der Waals surface area (Å²) in [5.74, 6) is -0.187. The number of thiophene rings is 2. The molecule has 518 valence electrons. The molecule has 0 atom stereocenters. The third-order valence-corrected chi connectivity index (χ3v) is 15.9. The Hall–Kier alpha value is -7.93. The summed E-state index contributed by atoms with van der Waals surface area (Å²) in [7, 11) is 0. The fourth-order valence-electron chi connectivity index (χ4n) is 10.0. The molecule has 0 bridgehead atoms. The molecule has 13 aromatic rings. The molecule has 0 saturated heterocycles. The average molecular weight is 2060 g/mol. The number of aromatic nitrogens is 4. The van der Waals surface area contributed by atoms with Crippen molar-refractivity contribution < 1.29 is 110 Å². The molecule has 0 fully saturated rings. The summed E-state index contributed by atoms with van der Waals surface area (Å²) < 4.78 is 0. The monoisotopic (exact) mass is 2060 g/mol. The molecule has 0 spiro atoms. The second-order valence-electron chi connectivity index (χ2n) is 23.1. The van der Waals surface area contributed by atoms with Crippen molar-refractivity contribution in [3.8, 4) is 43.7 Å². The van der Waals surface area contributed by atoms with Gasteiger partial charge in [0.15, 0.2) is 17.3 Å². The molecule has 0 amide bonds. The molecule has 3 N–H and O–H groups in total. The van der Waals surface area contributed by atoms with Crippen molar-refractivity contribution >= 4 is 94.4 Å². The van der Waals surface area contributed by atoms with Gasteiger partial charge in [-0.05, 0) is 179 Å². The van der Waals surface area contributed by atoms with Crippen LogP contribution >= 0.6 is 22.7 Å². The van der Waals surface area contributed by atoms with E-state index in [1.54, 1.807) is 22.7 Å². The zero-order chi connectivity index (χ0) is 68.9. The van der Waals surface area contributed by atoms with E-state index in [2.05, 4.69) is 207 Å². The van der Waals surface area contributed by atoms with Crippen molar-refractivity contribution in [3.05, 3.63) is 285 Å². The van der Waals surface area contributed by atoms with Crippen molar-refractivity contribution in [1.82, 2.24) is 19.9 Å².